The van der Waals surface area contributed by atoms with Gasteiger partial charge in [0.1, 0.15) is 6.10 Å². The van der Waals surface area contributed by atoms with Gasteiger partial charge in [-0.2, -0.15) is 0 Å². The second-order valence-electron chi connectivity index (χ2n) is 9.07. The zero-order valence-electron chi connectivity index (χ0n) is 18.1. The zero-order chi connectivity index (χ0) is 21.8. The molecule has 1 N–H and O–H groups in total. The Balaban J connectivity index is 1.38. The number of carbonyl (C=O) groups is 1. The van der Waals surface area contributed by atoms with E-state index in [0.29, 0.717) is 24.7 Å². The molecule has 0 amide bonds. The molecule has 0 bridgehead atoms. The highest BCUT2D eigenvalue weighted by atomic mass is 16.5. The Morgan fingerprint density at radius 2 is 1.94 bits per heavy atom. The maximum absolute atomic E-state index is 13.6. The van der Waals surface area contributed by atoms with Crippen molar-refractivity contribution in [3.05, 3.63) is 63.4 Å². The first-order chi connectivity index (χ1) is 15.6. The summed E-state index contributed by atoms with van der Waals surface area (Å²) >= 11 is 0. The third-order valence-electron chi connectivity index (χ3n) is 7.15. The number of aromatic nitrogens is 2. The number of cyclic esters (lactones) is 1. The van der Waals surface area contributed by atoms with Crippen molar-refractivity contribution in [2.45, 2.75) is 38.0 Å². The number of para-hydroxylation sites is 1. The Labute approximate surface area is 186 Å². The van der Waals surface area contributed by atoms with Gasteiger partial charge in [-0.25, -0.2) is 4.98 Å². The van der Waals surface area contributed by atoms with Crippen molar-refractivity contribution in [1.82, 2.24) is 19.8 Å². The fraction of sp³-hybridized carbons (Fsp3) is 0.400. The lowest BCUT2D eigenvalue weighted by atomic mass is 9.96. The minimum absolute atomic E-state index is 0.0535. The fourth-order valence-electron chi connectivity index (χ4n) is 5.41. The number of fused-ring (bicyclic) bond motifs is 5. The van der Waals surface area contributed by atoms with Crippen LogP contribution in [0.2, 0.25) is 0 Å². The van der Waals surface area contributed by atoms with E-state index in [4.69, 9.17) is 9.72 Å². The molecule has 164 valence electrons. The quantitative estimate of drug-likeness (QED) is 0.503. The normalized spacial score (nSPS) is 20.7. The Bertz CT molecular complexity index is 1290. The summed E-state index contributed by atoms with van der Waals surface area (Å²) in [6.45, 7) is 2.94. The predicted octanol–water partition coefficient (Wildman–Crippen LogP) is 2.25. The van der Waals surface area contributed by atoms with Crippen molar-refractivity contribution >= 4 is 16.9 Å². The molecule has 1 atom stereocenters. The van der Waals surface area contributed by atoms with Crippen LogP contribution < -0.4 is 10.9 Å². The average molecular weight is 431 g/mol. The van der Waals surface area contributed by atoms with E-state index in [1.54, 1.807) is 4.57 Å². The summed E-state index contributed by atoms with van der Waals surface area (Å²) in [6.07, 6.45) is 1.74. The fourth-order valence-corrected chi connectivity index (χ4v) is 5.41. The summed E-state index contributed by atoms with van der Waals surface area (Å²) in [6, 6.07) is 12.6. The molecule has 32 heavy (non-hydrogen) atoms. The summed E-state index contributed by atoms with van der Waals surface area (Å²) < 4.78 is 7.52. The number of benzene rings is 1. The Morgan fingerprint density at radius 3 is 2.75 bits per heavy atom. The minimum atomic E-state index is -0.515. The first kappa shape index (κ1) is 19.6. The van der Waals surface area contributed by atoms with Crippen LogP contribution in [0.4, 0.5) is 0 Å². The number of esters is 1. The summed E-state index contributed by atoms with van der Waals surface area (Å²) in [5.74, 6) is -0.262. The minimum Gasteiger partial charge on any atom is -0.456 e. The number of piperidine rings is 1. The van der Waals surface area contributed by atoms with E-state index in [1.807, 2.05) is 37.4 Å². The first-order valence-electron chi connectivity index (χ1n) is 11.4. The van der Waals surface area contributed by atoms with E-state index in [0.717, 1.165) is 59.3 Å². The third kappa shape index (κ3) is 3.15. The van der Waals surface area contributed by atoms with Gasteiger partial charge >= 0.3 is 5.97 Å². The van der Waals surface area contributed by atoms with Crippen molar-refractivity contribution < 1.29 is 9.53 Å². The number of hydrogen-bond acceptors (Lipinski definition) is 6. The molecule has 3 aliphatic heterocycles. The van der Waals surface area contributed by atoms with Crippen molar-refractivity contribution in [2.75, 3.05) is 26.7 Å². The van der Waals surface area contributed by atoms with Crippen LogP contribution >= 0.6 is 0 Å². The van der Waals surface area contributed by atoms with Gasteiger partial charge < -0.3 is 14.6 Å². The van der Waals surface area contributed by atoms with Crippen molar-refractivity contribution in [3.63, 3.8) is 0 Å². The number of hydrogen-bond donors (Lipinski definition) is 1. The van der Waals surface area contributed by atoms with Crippen molar-refractivity contribution in [1.29, 1.82) is 0 Å². The van der Waals surface area contributed by atoms with Gasteiger partial charge in [0.25, 0.3) is 5.56 Å². The first-order valence-corrected chi connectivity index (χ1v) is 11.4. The molecule has 0 saturated carbocycles. The number of nitrogens with zero attached hydrogens (tertiary/aromatic N) is 3. The van der Waals surface area contributed by atoms with Gasteiger partial charge in [0, 0.05) is 23.5 Å². The summed E-state index contributed by atoms with van der Waals surface area (Å²) in [5.41, 5.74) is 4.97. The summed E-state index contributed by atoms with van der Waals surface area (Å²) in [5, 5.41) is 4.41. The number of nitrogens with one attached hydrogen (secondary N) is 1. The zero-order valence-corrected chi connectivity index (χ0v) is 18.1. The maximum atomic E-state index is 13.6. The lowest BCUT2D eigenvalue weighted by molar-refractivity contribution is -0.151. The van der Waals surface area contributed by atoms with Gasteiger partial charge in [-0.15, -0.1) is 0 Å². The Hall–Kier alpha value is -3.03. The van der Waals surface area contributed by atoms with Crippen LogP contribution in [-0.4, -0.2) is 53.1 Å². The van der Waals surface area contributed by atoms with Gasteiger partial charge in [-0.1, -0.05) is 18.2 Å². The molecular weight excluding hydrogens is 404 g/mol. The molecular formula is C25H26N4O3. The number of likely N-dealkylation sites (tertiary alicyclic amines) is 1. The topological polar surface area (TPSA) is 76.5 Å². The Kier molecular flexibility index (Phi) is 4.62. The van der Waals surface area contributed by atoms with E-state index < -0.39 is 6.10 Å². The van der Waals surface area contributed by atoms with E-state index >= 15 is 0 Å². The average Bonchev–Trinajstić information content (AvgIpc) is 3.15. The van der Waals surface area contributed by atoms with E-state index in [9.17, 15) is 9.59 Å². The van der Waals surface area contributed by atoms with Gasteiger partial charge in [-0.05, 0) is 56.7 Å². The molecule has 2 aromatic heterocycles. The smallest absolute Gasteiger partial charge is 0.310 e. The largest absolute Gasteiger partial charge is 0.456 e. The van der Waals surface area contributed by atoms with E-state index in [1.165, 1.54) is 0 Å². The van der Waals surface area contributed by atoms with Gasteiger partial charge in [0.05, 0.1) is 35.4 Å². The highest BCUT2D eigenvalue weighted by molar-refractivity contribution is 5.84. The van der Waals surface area contributed by atoms with E-state index in [2.05, 4.69) is 16.3 Å². The van der Waals surface area contributed by atoms with E-state index in [-0.39, 0.29) is 17.9 Å². The van der Waals surface area contributed by atoms with Crippen LogP contribution in [0.15, 0.2) is 41.2 Å². The second kappa shape index (κ2) is 7.53. The number of carbonyl (C=O) groups excluding carboxylic acids is 1. The predicted molar refractivity (Wildman–Crippen MR) is 122 cm³/mol. The molecule has 0 radical (unpaired) electrons. The van der Waals surface area contributed by atoms with Crippen molar-refractivity contribution in [2.24, 2.45) is 0 Å². The van der Waals surface area contributed by atoms with Crippen LogP contribution in [0.25, 0.3) is 22.3 Å². The monoisotopic (exact) mass is 430 g/mol. The second-order valence-corrected chi connectivity index (χ2v) is 9.07. The molecule has 3 aromatic rings. The van der Waals surface area contributed by atoms with Gasteiger partial charge in [0.15, 0.2) is 0 Å². The molecule has 0 spiro atoms. The summed E-state index contributed by atoms with van der Waals surface area (Å²) in [7, 11) is 2.00. The SMILES string of the molecule is CNC1CCN(CC2OC(=O)Cc3cc4n(c(=O)c32)Cc2cc3ccccc3nc2-4)CC1. The molecule has 7 heteroatoms. The highest BCUT2D eigenvalue weighted by Gasteiger charge is 2.35. The highest BCUT2D eigenvalue weighted by Crippen LogP contribution is 2.35. The lowest BCUT2D eigenvalue weighted by Crippen LogP contribution is -2.44. The number of pyridine rings is 2. The van der Waals surface area contributed by atoms with Crippen LogP contribution in [0, 0.1) is 0 Å². The van der Waals surface area contributed by atoms with Crippen LogP contribution in [-0.2, 0) is 22.5 Å². The van der Waals surface area contributed by atoms with Gasteiger partial charge in [-0.3, -0.25) is 14.5 Å². The molecule has 1 saturated heterocycles. The number of ether oxygens (including phenoxy) is 1. The van der Waals surface area contributed by atoms with Crippen molar-refractivity contribution in [3.8, 4) is 11.4 Å². The maximum Gasteiger partial charge on any atom is 0.310 e. The van der Waals surface area contributed by atoms with Crippen LogP contribution in [0.5, 0.6) is 0 Å². The molecule has 3 aliphatic rings. The number of rotatable bonds is 3. The Morgan fingerprint density at radius 1 is 1.12 bits per heavy atom. The van der Waals surface area contributed by atoms with Crippen LogP contribution in [0.3, 0.4) is 0 Å². The summed E-state index contributed by atoms with van der Waals surface area (Å²) in [4.78, 5) is 33.2. The molecule has 1 aromatic carbocycles. The molecule has 1 unspecified atom stereocenters. The standard InChI is InChI=1S/C25H26N4O3/c1-26-18-6-8-28(9-7-18)14-21-23-16(12-22(30)32-21)11-20-24-17(13-29(20)25(23)31)10-15-4-2-3-5-19(15)27-24/h2-5,10-11,18,21,26H,6-9,12-14H2,1H3. The van der Waals surface area contributed by atoms with Gasteiger partial charge in [0.2, 0.25) is 0 Å². The molecule has 0 aliphatic carbocycles. The lowest BCUT2D eigenvalue weighted by Gasteiger charge is -2.35. The molecule has 7 nitrogen and oxygen atoms in total. The third-order valence-corrected chi connectivity index (χ3v) is 7.15. The molecule has 5 heterocycles. The molecule has 1 fully saturated rings. The molecule has 6 rings (SSSR count). The van der Waals surface area contributed by atoms with Crippen LogP contribution in [0.1, 0.15) is 35.6 Å².